The lowest BCUT2D eigenvalue weighted by Crippen LogP contribution is -2.29. The van der Waals surface area contributed by atoms with Crippen molar-refractivity contribution >= 4 is 34.7 Å². The minimum atomic E-state index is -0.917. The van der Waals surface area contributed by atoms with Gasteiger partial charge in [-0.05, 0) is 61.9 Å². The number of halogens is 1. The Hall–Kier alpha value is -3.77. The highest BCUT2D eigenvalue weighted by molar-refractivity contribution is 6.52. The molecule has 2 N–H and O–H groups in total. The molecule has 1 saturated heterocycles. The van der Waals surface area contributed by atoms with Gasteiger partial charge in [-0.3, -0.25) is 14.5 Å². The molecule has 0 aliphatic carbocycles. The van der Waals surface area contributed by atoms with Crippen molar-refractivity contribution in [2.75, 3.05) is 11.5 Å². The summed E-state index contributed by atoms with van der Waals surface area (Å²) in [6, 6.07) is 17.2. The zero-order valence-corrected chi connectivity index (χ0v) is 18.8. The van der Waals surface area contributed by atoms with Gasteiger partial charge in [-0.2, -0.15) is 0 Å². The lowest BCUT2D eigenvalue weighted by molar-refractivity contribution is -0.132. The molecule has 1 unspecified atom stereocenters. The molecule has 0 spiro atoms. The van der Waals surface area contributed by atoms with E-state index in [0.717, 1.165) is 5.56 Å². The molecule has 1 aliphatic rings. The first kappa shape index (κ1) is 22.4. The monoisotopic (exact) mass is 463 g/mol. The van der Waals surface area contributed by atoms with E-state index in [-0.39, 0.29) is 21.9 Å². The fourth-order valence-electron chi connectivity index (χ4n) is 3.86. The zero-order chi connectivity index (χ0) is 23.7. The predicted octanol–water partition coefficient (Wildman–Crippen LogP) is 5.38. The number of aryl methyl sites for hydroxylation is 1. The van der Waals surface area contributed by atoms with Crippen LogP contribution in [0.5, 0.6) is 11.5 Å². The molecule has 168 valence electrons. The quantitative estimate of drug-likeness (QED) is 0.301. The Labute approximate surface area is 196 Å². The molecule has 6 nitrogen and oxygen atoms in total. The lowest BCUT2D eigenvalue weighted by Gasteiger charge is -2.25. The minimum Gasteiger partial charge on any atom is -0.508 e. The van der Waals surface area contributed by atoms with Crippen molar-refractivity contribution < 1.29 is 24.5 Å². The first-order valence-electron chi connectivity index (χ1n) is 10.4. The molecular weight excluding hydrogens is 442 g/mol. The molecular formula is C26H22ClNO5. The number of phenolic OH excluding ortho intramolecular Hbond substituents is 1. The number of carbonyl (C=O) groups excluding carboxylic acids is 2. The Bertz CT molecular complexity index is 1250. The average molecular weight is 464 g/mol. The van der Waals surface area contributed by atoms with Crippen LogP contribution >= 0.6 is 11.6 Å². The molecule has 33 heavy (non-hydrogen) atoms. The van der Waals surface area contributed by atoms with Crippen LogP contribution in [0.1, 0.15) is 29.7 Å². The SMILES string of the molecule is CCOc1ccc(Cl)c(/C(O)=C2\C(=O)C(=O)N(c3ccc(C)cc3)C2c2ccc(O)cc2)c1. The first-order chi connectivity index (χ1) is 15.8. The van der Waals surface area contributed by atoms with Crippen molar-refractivity contribution in [2.24, 2.45) is 0 Å². The number of benzene rings is 3. The van der Waals surface area contributed by atoms with Crippen LogP contribution in [0.4, 0.5) is 5.69 Å². The molecule has 0 saturated carbocycles. The van der Waals surface area contributed by atoms with Gasteiger partial charge < -0.3 is 14.9 Å². The van der Waals surface area contributed by atoms with Gasteiger partial charge in [0.2, 0.25) is 0 Å². The van der Waals surface area contributed by atoms with Crippen molar-refractivity contribution in [3.63, 3.8) is 0 Å². The summed E-state index contributed by atoms with van der Waals surface area (Å²) in [5.74, 6) is -1.48. The second-order valence-electron chi connectivity index (χ2n) is 7.67. The van der Waals surface area contributed by atoms with Gasteiger partial charge in [-0.15, -0.1) is 0 Å². The number of ether oxygens (including phenoxy) is 1. The van der Waals surface area contributed by atoms with Gasteiger partial charge in [0.25, 0.3) is 11.7 Å². The van der Waals surface area contributed by atoms with E-state index < -0.39 is 23.5 Å². The number of carbonyl (C=O) groups is 2. The van der Waals surface area contributed by atoms with Gasteiger partial charge in [0.15, 0.2) is 0 Å². The fourth-order valence-corrected chi connectivity index (χ4v) is 4.07. The first-order valence-corrected chi connectivity index (χ1v) is 10.8. The standard InChI is InChI=1S/C26H22ClNO5/c1-3-33-19-12-13-21(27)20(14-19)24(30)22-23(16-6-10-18(29)11-7-16)28(26(32)25(22)31)17-8-4-15(2)5-9-17/h4-14,23,29-30H,3H2,1-2H3/b24-22+. The third kappa shape index (κ3) is 4.17. The maximum atomic E-state index is 13.2. The number of aromatic hydroxyl groups is 1. The summed E-state index contributed by atoms with van der Waals surface area (Å²) in [6.07, 6.45) is 0. The fraction of sp³-hybridized carbons (Fsp3) is 0.154. The molecule has 7 heteroatoms. The predicted molar refractivity (Wildman–Crippen MR) is 127 cm³/mol. The summed E-state index contributed by atoms with van der Waals surface area (Å²) in [6.45, 7) is 4.15. The van der Waals surface area contributed by atoms with Crippen molar-refractivity contribution in [3.05, 3.63) is 94.0 Å². The van der Waals surface area contributed by atoms with Crippen LogP contribution in [0.15, 0.2) is 72.3 Å². The van der Waals surface area contributed by atoms with E-state index in [4.69, 9.17) is 16.3 Å². The number of phenols is 1. The molecule has 0 radical (unpaired) electrons. The third-order valence-electron chi connectivity index (χ3n) is 5.47. The number of ketones is 1. The van der Waals surface area contributed by atoms with Crippen molar-refractivity contribution in [2.45, 2.75) is 19.9 Å². The molecule has 4 rings (SSSR count). The van der Waals surface area contributed by atoms with Crippen LogP contribution in [0.2, 0.25) is 5.02 Å². The van der Waals surface area contributed by atoms with Gasteiger partial charge in [0.1, 0.15) is 17.3 Å². The van der Waals surface area contributed by atoms with Gasteiger partial charge in [0.05, 0.1) is 23.2 Å². The smallest absolute Gasteiger partial charge is 0.300 e. The molecule has 1 heterocycles. The van der Waals surface area contributed by atoms with E-state index in [1.807, 2.05) is 26.0 Å². The number of rotatable bonds is 5. The summed E-state index contributed by atoms with van der Waals surface area (Å²) >= 11 is 6.35. The summed E-state index contributed by atoms with van der Waals surface area (Å²) in [4.78, 5) is 27.7. The van der Waals surface area contributed by atoms with Crippen molar-refractivity contribution in [3.8, 4) is 11.5 Å². The van der Waals surface area contributed by atoms with Crippen LogP contribution in [0, 0.1) is 6.92 Å². The summed E-state index contributed by atoms with van der Waals surface area (Å²) < 4.78 is 5.51. The number of anilines is 1. The van der Waals surface area contributed by atoms with Gasteiger partial charge in [-0.25, -0.2) is 0 Å². The van der Waals surface area contributed by atoms with Crippen molar-refractivity contribution in [1.29, 1.82) is 0 Å². The maximum absolute atomic E-state index is 13.2. The molecule has 1 aliphatic heterocycles. The molecule has 0 bridgehead atoms. The summed E-state index contributed by atoms with van der Waals surface area (Å²) in [5.41, 5.74) is 2.14. The van der Waals surface area contributed by atoms with Gasteiger partial charge in [0, 0.05) is 11.3 Å². The normalized spacial score (nSPS) is 17.4. The number of amides is 1. The maximum Gasteiger partial charge on any atom is 0.300 e. The van der Waals surface area contributed by atoms with Crippen molar-refractivity contribution in [1.82, 2.24) is 0 Å². The molecule has 0 aromatic heterocycles. The number of hydrogen-bond acceptors (Lipinski definition) is 5. The third-order valence-corrected chi connectivity index (χ3v) is 5.80. The van der Waals surface area contributed by atoms with E-state index in [9.17, 15) is 19.8 Å². The second-order valence-corrected chi connectivity index (χ2v) is 8.08. The molecule has 3 aromatic rings. The van der Waals surface area contributed by atoms with Crippen LogP contribution < -0.4 is 9.64 Å². The Balaban J connectivity index is 1.94. The van der Waals surface area contributed by atoms with Crippen LogP contribution in [0.3, 0.4) is 0 Å². The summed E-state index contributed by atoms with van der Waals surface area (Å²) in [5, 5.41) is 21.2. The summed E-state index contributed by atoms with van der Waals surface area (Å²) in [7, 11) is 0. The van der Waals surface area contributed by atoms with Crippen LogP contribution in [-0.2, 0) is 9.59 Å². The average Bonchev–Trinajstić information content (AvgIpc) is 3.06. The topological polar surface area (TPSA) is 87.1 Å². The van der Waals surface area contributed by atoms with E-state index in [1.165, 1.54) is 23.1 Å². The van der Waals surface area contributed by atoms with Gasteiger partial charge >= 0.3 is 0 Å². The highest BCUT2D eigenvalue weighted by Crippen LogP contribution is 2.43. The second kappa shape index (κ2) is 9.00. The molecule has 1 amide bonds. The highest BCUT2D eigenvalue weighted by atomic mass is 35.5. The number of nitrogens with zero attached hydrogens (tertiary/aromatic N) is 1. The van der Waals surface area contributed by atoms with Crippen LogP contribution in [0.25, 0.3) is 5.76 Å². The highest BCUT2D eigenvalue weighted by Gasteiger charge is 2.47. The Morgan fingerprint density at radius 3 is 2.33 bits per heavy atom. The van der Waals surface area contributed by atoms with E-state index >= 15 is 0 Å². The lowest BCUT2D eigenvalue weighted by atomic mass is 9.95. The van der Waals surface area contributed by atoms with E-state index in [0.29, 0.717) is 23.6 Å². The number of hydrogen-bond donors (Lipinski definition) is 2. The minimum absolute atomic E-state index is 0.0403. The Morgan fingerprint density at radius 1 is 1.03 bits per heavy atom. The Kier molecular flexibility index (Phi) is 6.11. The molecule has 1 fully saturated rings. The largest absolute Gasteiger partial charge is 0.508 e. The molecule has 1 atom stereocenters. The number of Topliss-reactive ketones (excluding diaryl/α,β-unsaturated/α-hetero) is 1. The number of aliphatic hydroxyl groups excluding tert-OH is 1. The van der Waals surface area contributed by atoms with Crippen LogP contribution in [-0.4, -0.2) is 28.5 Å². The Morgan fingerprint density at radius 2 is 1.70 bits per heavy atom. The molecule has 3 aromatic carbocycles. The van der Waals surface area contributed by atoms with Gasteiger partial charge in [-0.1, -0.05) is 41.4 Å². The van der Waals surface area contributed by atoms with E-state index in [2.05, 4.69) is 0 Å². The van der Waals surface area contributed by atoms with E-state index in [1.54, 1.807) is 36.4 Å². The zero-order valence-electron chi connectivity index (χ0n) is 18.1. The number of aliphatic hydroxyl groups is 1.